The molecule has 0 bridgehead atoms. The van der Waals surface area contributed by atoms with Gasteiger partial charge in [-0.25, -0.2) is 0 Å². The fourth-order valence-corrected chi connectivity index (χ4v) is 5.01. The predicted molar refractivity (Wildman–Crippen MR) is 132 cm³/mol. The molecule has 34 heavy (non-hydrogen) atoms. The molecule has 2 N–H and O–H groups in total. The number of rotatable bonds is 8. The lowest BCUT2D eigenvalue weighted by molar-refractivity contribution is -0.114. The van der Waals surface area contributed by atoms with Crippen LogP contribution < -0.4 is 5.32 Å². The van der Waals surface area contributed by atoms with Gasteiger partial charge in [-0.3, -0.25) is 14.2 Å². The first kappa shape index (κ1) is 22.4. The van der Waals surface area contributed by atoms with Crippen LogP contribution in [0.25, 0.3) is 22.3 Å². The number of thioether (sulfide) groups is 1. The summed E-state index contributed by atoms with van der Waals surface area (Å²) in [6.07, 6.45) is 4.10. The highest BCUT2D eigenvalue weighted by Crippen LogP contribution is 2.31. The Morgan fingerprint density at radius 3 is 2.76 bits per heavy atom. The van der Waals surface area contributed by atoms with Gasteiger partial charge in [-0.1, -0.05) is 30.0 Å². The van der Waals surface area contributed by atoms with Crippen molar-refractivity contribution >= 4 is 40.0 Å². The molecule has 0 aliphatic carbocycles. The first-order chi connectivity index (χ1) is 16.6. The molecule has 8 nitrogen and oxygen atoms in total. The Kier molecular flexibility index (Phi) is 6.46. The molecule has 1 fully saturated rings. The average molecular weight is 476 g/mol. The largest absolute Gasteiger partial charge is 0.376 e. The second-order valence-electron chi connectivity index (χ2n) is 8.27. The molecule has 9 heteroatoms. The van der Waals surface area contributed by atoms with Crippen molar-refractivity contribution in [1.82, 2.24) is 19.7 Å². The van der Waals surface area contributed by atoms with Crippen LogP contribution in [-0.2, 0) is 16.1 Å². The number of aromatic amines is 1. The number of Topliss-reactive ketones (excluding diaryl/α,β-unsaturated/α-hetero) is 1. The predicted octanol–water partition coefficient (Wildman–Crippen LogP) is 4.54. The van der Waals surface area contributed by atoms with E-state index in [9.17, 15) is 9.59 Å². The highest BCUT2D eigenvalue weighted by Gasteiger charge is 2.23. The van der Waals surface area contributed by atoms with E-state index < -0.39 is 0 Å². The minimum absolute atomic E-state index is 0.0142. The number of ether oxygens (including phenoxy) is 1. The van der Waals surface area contributed by atoms with Crippen molar-refractivity contribution < 1.29 is 14.3 Å². The number of benzene rings is 2. The molecule has 1 amide bonds. The maximum absolute atomic E-state index is 12.8. The Bertz CT molecular complexity index is 1320. The normalized spacial score (nSPS) is 15.6. The third-order valence-corrected chi connectivity index (χ3v) is 6.78. The van der Waals surface area contributed by atoms with Crippen molar-refractivity contribution in [2.24, 2.45) is 0 Å². The van der Waals surface area contributed by atoms with Gasteiger partial charge >= 0.3 is 0 Å². The summed E-state index contributed by atoms with van der Waals surface area (Å²) in [5, 5.41) is 13.4. The molecule has 1 aliphatic heterocycles. The van der Waals surface area contributed by atoms with Crippen molar-refractivity contribution in [3.63, 3.8) is 0 Å². The minimum Gasteiger partial charge on any atom is -0.376 e. The maximum atomic E-state index is 12.8. The molecule has 5 rings (SSSR count). The number of carbonyl (C=O) groups excluding carboxylic acids is 2. The number of fused-ring (bicyclic) bond motifs is 1. The number of aromatic nitrogens is 4. The van der Waals surface area contributed by atoms with E-state index in [1.165, 1.54) is 18.7 Å². The second kappa shape index (κ2) is 9.82. The van der Waals surface area contributed by atoms with E-state index in [4.69, 9.17) is 4.74 Å². The van der Waals surface area contributed by atoms with Crippen LogP contribution >= 0.6 is 11.8 Å². The van der Waals surface area contributed by atoms with Crippen LogP contribution in [0.4, 0.5) is 5.69 Å². The van der Waals surface area contributed by atoms with E-state index in [1.807, 2.05) is 24.4 Å². The van der Waals surface area contributed by atoms with Gasteiger partial charge in [0.1, 0.15) is 0 Å². The number of para-hydroxylation sites is 1. The van der Waals surface area contributed by atoms with Crippen LogP contribution in [0.2, 0.25) is 0 Å². The van der Waals surface area contributed by atoms with E-state index in [1.54, 1.807) is 24.3 Å². The fourth-order valence-electron chi connectivity index (χ4n) is 4.16. The summed E-state index contributed by atoms with van der Waals surface area (Å²) in [4.78, 5) is 27.3. The monoisotopic (exact) mass is 475 g/mol. The molecular weight excluding hydrogens is 450 g/mol. The summed E-state index contributed by atoms with van der Waals surface area (Å²) in [6.45, 7) is 2.86. The molecule has 174 valence electrons. The number of nitrogens with zero attached hydrogens (tertiary/aromatic N) is 3. The maximum Gasteiger partial charge on any atom is 0.221 e. The first-order valence-corrected chi connectivity index (χ1v) is 12.2. The van der Waals surface area contributed by atoms with Crippen molar-refractivity contribution in [2.45, 2.75) is 37.6 Å². The first-order valence-electron chi connectivity index (χ1n) is 11.2. The number of ketones is 1. The Hall–Kier alpha value is -3.43. The summed E-state index contributed by atoms with van der Waals surface area (Å²) >= 11 is 1.38. The zero-order valence-corrected chi connectivity index (χ0v) is 19.6. The molecule has 4 aromatic rings. The summed E-state index contributed by atoms with van der Waals surface area (Å²) in [6, 6.07) is 15.0. The number of hydrogen-bond acceptors (Lipinski definition) is 6. The van der Waals surface area contributed by atoms with Gasteiger partial charge in [-0.15, -0.1) is 10.2 Å². The fraction of sp³-hybridized carbons (Fsp3) is 0.280. The molecule has 2 aromatic carbocycles. The van der Waals surface area contributed by atoms with Crippen LogP contribution in [0.5, 0.6) is 0 Å². The van der Waals surface area contributed by atoms with Crippen LogP contribution in [0.3, 0.4) is 0 Å². The van der Waals surface area contributed by atoms with Gasteiger partial charge < -0.3 is 15.0 Å². The Labute approximate surface area is 201 Å². The zero-order valence-electron chi connectivity index (χ0n) is 18.8. The van der Waals surface area contributed by atoms with Gasteiger partial charge in [-0.05, 0) is 43.2 Å². The molecule has 3 heterocycles. The van der Waals surface area contributed by atoms with Gasteiger partial charge in [0.2, 0.25) is 5.91 Å². The smallest absolute Gasteiger partial charge is 0.221 e. The standard InChI is InChI=1S/C25H25N5O3S/c1-16(31)27-18-10-8-17(9-11-18)23(32)15-34-25-29-28-24(30(25)14-19-5-4-12-33-19)21-13-26-22-7-3-2-6-20(21)22/h2-3,6-11,13,19,26H,4-5,12,14-15H2,1H3,(H,27,31). The van der Waals surface area contributed by atoms with Gasteiger partial charge in [0.25, 0.3) is 0 Å². The topological polar surface area (TPSA) is 102 Å². The Morgan fingerprint density at radius 1 is 1.18 bits per heavy atom. The van der Waals surface area contributed by atoms with Crippen molar-refractivity contribution in [2.75, 3.05) is 17.7 Å². The van der Waals surface area contributed by atoms with E-state index >= 15 is 0 Å². The molecule has 1 atom stereocenters. The Morgan fingerprint density at radius 2 is 2.00 bits per heavy atom. The lowest BCUT2D eigenvalue weighted by Crippen LogP contribution is -2.17. The van der Waals surface area contributed by atoms with Gasteiger partial charge in [0.05, 0.1) is 18.4 Å². The lowest BCUT2D eigenvalue weighted by Gasteiger charge is -2.14. The third kappa shape index (κ3) is 4.76. The summed E-state index contributed by atoms with van der Waals surface area (Å²) in [7, 11) is 0. The van der Waals surface area contributed by atoms with Crippen molar-refractivity contribution in [3.05, 3.63) is 60.3 Å². The van der Waals surface area contributed by atoms with Crippen LogP contribution in [-0.4, -0.2) is 49.9 Å². The summed E-state index contributed by atoms with van der Waals surface area (Å²) in [5.74, 6) is 0.838. The molecular formula is C25H25N5O3S. The molecule has 0 radical (unpaired) electrons. The quantitative estimate of drug-likeness (QED) is 0.287. The molecule has 1 aliphatic rings. The number of amides is 1. The summed E-state index contributed by atoms with van der Waals surface area (Å²) in [5.41, 5.74) is 3.27. The van der Waals surface area contributed by atoms with Crippen molar-refractivity contribution in [3.8, 4) is 11.4 Å². The SMILES string of the molecule is CC(=O)Nc1ccc(C(=O)CSc2nnc(-c3c[nH]c4ccccc34)n2CC2CCCO2)cc1. The number of anilines is 1. The number of hydrogen-bond donors (Lipinski definition) is 2. The van der Waals surface area contributed by atoms with Crippen LogP contribution in [0, 0.1) is 0 Å². The zero-order chi connectivity index (χ0) is 23.5. The van der Waals surface area contributed by atoms with Crippen LogP contribution in [0.15, 0.2) is 59.9 Å². The highest BCUT2D eigenvalue weighted by molar-refractivity contribution is 7.99. The number of carbonyl (C=O) groups is 2. The minimum atomic E-state index is -0.147. The third-order valence-electron chi connectivity index (χ3n) is 5.82. The highest BCUT2D eigenvalue weighted by atomic mass is 32.2. The van der Waals surface area contributed by atoms with E-state index in [0.29, 0.717) is 23.0 Å². The molecule has 0 spiro atoms. The van der Waals surface area contributed by atoms with E-state index in [2.05, 4.69) is 31.1 Å². The van der Waals surface area contributed by atoms with Crippen LogP contribution in [0.1, 0.15) is 30.1 Å². The van der Waals surface area contributed by atoms with E-state index in [0.717, 1.165) is 41.7 Å². The Balaban J connectivity index is 1.38. The summed E-state index contributed by atoms with van der Waals surface area (Å²) < 4.78 is 7.96. The van der Waals surface area contributed by atoms with Crippen molar-refractivity contribution in [1.29, 1.82) is 0 Å². The number of nitrogens with one attached hydrogen (secondary N) is 2. The molecule has 0 saturated carbocycles. The average Bonchev–Trinajstić information content (AvgIpc) is 3.58. The van der Waals surface area contributed by atoms with Gasteiger partial charge in [-0.2, -0.15) is 0 Å². The molecule has 1 unspecified atom stereocenters. The van der Waals surface area contributed by atoms with Gasteiger partial charge in [0, 0.05) is 47.4 Å². The lowest BCUT2D eigenvalue weighted by atomic mass is 10.1. The van der Waals surface area contributed by atoms with Gasteiger partial charge in [0.15, 0.2) is 16.8 Å². The molecule has 1 saturated heterocycles. The van der Waals surface area contributed by atoms with E-state index in [-0.39, 0.29) is 23.5 Å². The number of H-pyrrole nitrogens is 1. The second-order valence-corrected chi connectivity index (χ2v) is 9.21. The molecule has 2 aromatic heterocycles.